The SMILES string of the molecule is O=C(c1cccc(C#Cc2ccccc2)c1)N1CCN(c2cccc(Cl)c2)CC1. The molecule has 0 radical (unpaired) electrons. The first kappa shape index (κ1) is 19.1. The zero-order valence-electron chi connectivity index (χ0n) is 16.0. The molecule has 3 aromatic rings. The van der Waals surface area contributed by atoms with Gasteiger partial charge in [-0.1, -0.05) is 53.8 Å². The van der Waals surface area contributed by atoms with Crippen molar-refractivity contribution in [1.82, 2.24) is 4.90 Å². The molecule has 0 spiro atoms. The molecule has 1 amide bonds. The second-order valence-electron chi connectivity index (χ2n) is 6.96. The standard InChI is InChI=1S/C25H21ClN2O/c26-23-10-5-11-24(19-23)27-14-16-28(17-15-27)25(29)22-9-4-8-21(18-22)13-12-20-6-2-1-3-7-20/h1-11,18-19H,14-17H2. The maximum atomic E-state index is 13.0. The van der Waals surface area contributed by atoms with Crippen molar-refractivity contribution in [2.24, 2.45) is 0 Å². The van der Waals surface area contributed by atoms with Gasteiger partial charge in [-0.2, -0.15) is 0 Å². The smallest absolute Gasteiger partial charge is 0.254 e. The van der Waals surface area contributed by atoms with E-state index in [4.69, 9.17) is 11.6 Å². The van der Waals surface area contributed by atoms with Gasteiger partial charge < -0.3 is 9.80 Å². The van der Waals surface area contributed by atoms with E-state index in [0.29, 0.717) is 18.7 Å². The van der Waals surface area contributed by atoms with Crippen molar-refractivity contribution in [3.05, 3.63) is 101 Å². The van der Waals surface area contributed by atoms with Crippen LogP contribution in [-0.2, 0) is 0 Å². The lowest BCUT2D eigenvalue weighted by molar-refractivity contribution is 0.0746. The molecule has 1 aliphatic rings. The summed E-state index contributed by atoms with van der Waals surface area (Å²) in [6.45, 7) is 2.95. The third-order valence-electron chi connectivity index (χ3n) is 4.97. The lowest BCUT2D eigenvalue weighted by Crippen LogP contribution is -2.48. The Morgan fingerprint density at radius 1 is 0.759 bits per heavy atom. The fraction of sp³-hybridized carbons (Fsp3) is 0.160. The molecule has 0 aromatic heterocycles. The molecular formula is C25H21ClN2O. The third-order valence-corrected chi connectivity index (χ3v) is 5.21. The van der Waals surface area contributed by atoms with Gasteiger partial charge in [0.25, 0.3) is 5.91 Å². The maximum Gasteiger partial charge on any atom is 0.254 e. The van der Waals surface area contributed by atoms with Gasteiger partial charge in [-0.05, 0) is 48.5 Å². The number of nitrogens with zero attached hydrogens (tertiary/aromatic N) is 2. The Morgan fingerprint density at radius 2 is 1.45 bits per heavy atom. The summed E-state index contributed by atoms with van der Waals surface area (Å²) in [6.07, 6.45) is 0. The first-order valence-electron chi connectivity index (χ1n) is 9.66. The van der Waals surface area contributed by atoms with Crippen LogP contribution in [0.1, 0.15) is 21.5 Å². The van der Waals surface area contributed by atoms with E-state index in [-0.39, 0.29) is 5.91 Å². The van der Waals surface area contributed by atoms with Gasteiger partial charge in [-0.3, -0.25) is 4.79 Å². The Kier molecular flexibility index (Phi) is 5.84. The molecule has 4 heteroatoms. The Hall–Kier alpha value is -3.22. The summed E-state index contributed by atoms with van der Waals surface area (Å²) in [6, 6.07) is 25.3. The summed E-state index contributed by atoms with van der Waals surface area (Å²) in [4.78, 5) is 17.1. The molecule has 29 heavy (non-hydrogen) atoms. The monoisotopic (exact) mass is 400 g/mol. The minimum absolute atomic E-state index is 0.0547. The molecule has 0 atom stereocenters. The molecule has 144 valence electrons. The minimum atomic E-state index is 0.0547. The first-order chi connectivity index (χ1) is 14.2. The van der Waals surface area contributed by atoms with Crippen LogP contribution in [0.25, 0.3) is 0 Å². The molecule has 1 heterocycles. The Balaban J connectivity index is 1.42. The highest BCUT2D eigenvalue weighted by atomic mass is 35.5. The second kappa shape index (κ2) is 8.86. The average Bonchev–Trinajstić information content (AvgIpc) is 2.78. The molecule has 0 bridgehead atoms. The van der Waals surface area contributed by atoms with Gasteiger partial charge >= 0.3 is 0 Å². The Labute approximate surface area is 176 Å². The van der Waals surface area contributed by atoms with E-state index in [9.17, 15) is 4.79 Å². The van der Waals surface area contributed by atoms with E-state index in [1.54, 1.807) is 0 Å². The van der Waals surface area contributed by atoms with E-state index in [1.807, 2.05) is 77.7 Å². The normalized spacial score (nSPS) is 13.6. The van der Waals surface area contributed by atoms with E-state index in [0.717, 1.165) is 34.9 Å². The molecule has 1 saturated heterocycles. The van der Waals surface area contributed by atoms with E-state index >= 15 is 0 Å². The van der Waals surface area contributed by atoms with Crippen LogP contribution in [0.15, 0.2) is 78.9 Å². The Morgan fingerprint density at radius 3 is 2.21 bits per heavy atom. The number of piperazine rings is 1. The zero-order chi connectivity index (χ0) is 20.1. The molecule has 1 fully saturated rings. The number of carbonyl (C=O) groups excluding carboxylic acids is 1. The quantitative estimate of drug-likeness (QED) is 0.582. The first-order valence-corrected chi connectivity index (χ1v) is 10.0. The van der Waals surface area contributed by atoms with Gasteiger partial charge in [0, 0.05) is 53.6 Å². The van der Waals surface area contributed by atoms with Crippen LogP contribution in [-0.4, -0.2) is 37.0 Å². The predicted molar refractivity (Wildman–Crippen MR) is 118 cm³/mol. The lowest BCUT2D eigenvalue weighted by Gasteiger charge is -2.36. The van der Waals surface area contributed by atoms with Gasteiger partial charge in [0.15, 0.2) is 0 Å². The van der Waals surface area contributed by atoms with E-state index in [1.165, 1.54) is 0 Å². The molecule has 0 N–H and O–H groups in total. The van der Waals surface area contributed by atoms with Crippen LogP contribution in [0.2, 0.25) is 5.02 Å². The van der Waals surface area contributed by atoms with Crippen molar-refractivity contribution < 1.29 is 4.79 Å². The molecule has 0 saturated carbocycles. The molecule has 0 unspecified atom stereocenters. The number of anilines is 1. The van der Waals surface area contributed by atoms with Crippen molar-refractivity contribution in [2.75, 3.05) is 31.1 Å². The van der Waals surface area contributed by atoms with E-state index in [2.05, 4.69) is 22.8 Å². The van der Waals surface area contributed by atoms with Gasteiger partial charge in [-0.15, -0.1) is 0 Å². The lowest BCUT2D eigenvalue weighted by atomic mass is 10.1. The fourth-order valence-corrected chi connectivity index (χ4v) is 3.60. The number of rotatable bonds is 2. The summed E-state index contributed by atoms with van der Waals surface area (Å²) in [7, 11) is 0. The summed E-state index contributed by atoms with van der Waals surface area (Å²) in [5.41, 5.74) is 3.59. The van der Waals surface area contributed by atoms with Crippen LogP contribution in [0.5, 0.6) is 0 Å². The third kappa shape index (κ3) is 4.80. The van der Waals surface area contributed by atoms with Crippen LogP contribution < -0.4 is 4.90 Å². The van der Waals surface area contributed by atoms with E-state index < -0.39 is 0 Å². The topological polar surface area (TPSA) is 23.6 Å². The van der Waals surface area contributed by atoms with Crippen LogP contribution in [0, 0.1) is 11.8 Å². The minimum Gasteiger partial charge on any atom is -0.368 e. The number of halogens is 1. The molecular weight excluding hydrogens is 380 g/mol. The van der Waals surface area contributed by atoms with Crippen molar-refractivity contribution in [1.29, 1.82) is 0 Å². The van der Waals surface area contributed by atoms with Crippen molar-refractivity contribution >= 4 is 23.2 Å². The van der Waals surface area contributed by atoms with Crippen molar-refractivity contribution in [3.63, 3.8) is 0 Å². The highest BCUT2D eigenvalue weighted by Gasteiger charge is 2.22. The van der Waals surface area contributed by atoms with Gasteiger partial charge in [0.05, 0.1) is 0 Å². The number of benzene rings is 3. The summed E-state index contributed by atoms with van der Waals surface area (Å²) in [5.74, 6) is 6.35. The molecule has 4 rings (SSSR count). The van der Waals surface area contributed by atoms with Gasteiger partial charge in [-0.25, -0.2) is 0 Å². The molecule has 1 aliphatic heterocycles. The second-order valence-corrected chi connectivity index (χ2v) is 7.39. The van der Waals surface area contributed by atoms with Gasteiger partial charge in [0.1, 0.15) is 0 Å². The largest absolute Gasteiger partial charge is 0.368 e. The van der Waals surface area contributed by atoms with Crippen molar-refractivity contribution in [2.45, 2.75) is 0 Å². The summed E-state index contributed by atoms with van der Waals surface area (Å²) < 4.78 is 0. The number of carbonyl (C=O) groups is 1. The molecule has 0 aliphatic carbocycles. The van der Waals surface area contributed by atoms with Gasteiger partial charge in [0.2, 0.25) is 0 Å². The summed E-state index contributed by atoms with van der Waals surface area (Å²) >= 11 is 6.10. The maximum absolute atomic E-state index is 13.0. The summed E-state index contributed by atoms with van der Waals surface area (Å²) in [5, 5.41) is 0.731. The fourth-order valence-electron chi connectivity index (χ4n) is 3.42. The molecule has 3 aromatic carbocycles. The Bertz CT molecular complexity index is 1060. The zero-order valence-corrected chi connectivity index (χ0v) is 16.8. The number of amides is 1. The number of hydrogen-bond acceptors (Lipinski definition) is 2. The van der Waals surface area contributed by atoms with Crippen molar-refractivity contribution in [3.8, 4) is 11.8 Å². The van der Waals surface area contributed by atoms with Crippen LogP contribution >= 0.6 is 11.6 Å². The van der Waals surface area contributed by atoms with Crippen LogP contribution in [0.4, 0.5) is 5.69 Å². The number of hydrogen-bond donors (Lipinski definition) is 0. The predicted octanol–water partition coefficient (Wildman–Crippen LogP) is 4.70. The average molecular weight is 401 g/mol. The highest BCUT2D eigenvalue weighted by molar-refractivity contribution is 6.30. The van der Waals surface area contributed by atoms with Crippen LogP contribution in [0.3, 0.4) is 0 Å². The molecule has 3 nitrogen and oxygen atoms in total. The highest BCUT2D eigenvalue weighted by Crippen LogP contribution is 2.21.